The molecule has 0 bridgehead atoms. The first-order valence-electron chi connectivity index (χ1n) is 13.1. The van der Waals surface area contributed by atoms with E-state index >= 15 is 0 Å². The highest BCUT2D eigenvalue weighted by Crippen LogP contribution is 2.39. The molecule has 0 aliphatic carbocycles. The Morgan fingerprint density at radius 2 is 1.50 bits per heavy atom. The Labute approximate surface area is 234 Å². The van der Waals surface area contributed by atoms with E-state index < -0.39 is 0 Å². The monoisotopic (exact) mass is 534 g/mol. The van der Waals surface area contributed by atoms with Crippen LogP contribution in [0, 0.1) is 6.92 Å². The lowest BCUT2D eigenvalue weighted by Gasteiger charge is -2.09. The van der Waals surface area contributed by atoms with Gasteiger partial charge in [-0.05, 0) is 55.5 Å². The van der Waals surface area contributed by atoms with Crippen LogP contribution in [0.5, 0.6) is 11.6 Å². The second-order valence-electron chi connectivity index (χ2n) is 9.77. The van der Waals surface area contributed by atoms with Crippen LogP contribution < -0.4 is 4.74 Å². The van der Waals surface area contributed by atoms with Crippen LogP contribution in [0.3, 0.4) is 0 Å². The molecule has 0 unspecified atom stereocenters. The number of benzene rings is 3. The lowest BCUT2D eigenvalue weighted by Crippen LogP contribution is -1.96. The molecule has 0 spiro atoms. The molecule has 0 N–H and O–H groups in total. The molecule has 6 heteroatoms. The highest BCUT2D eigenvalue weighted by Gasteiger charge is 2.15. The van der Waals surface area contributed by atoms with Gasteiger partial charge in [0.1, 0.15) is 16.4 Å². The van der Waals surface area contributed by atoms with Gasteiger partial charge in [0.15, 0.2) is 0 Å². The smallest absolute Gasteiger partial charge is 0.219 e. The fourth-order valence-electron chi connectivity index (χ4n) is 5.46. The summed E-state index contributed by atoms with van der Waals surface area (Å²) in [7, 11) is 0. The van der Waals surface area contributed by atoms with Crippen molar-refractivity contribution in [3.63, 3.8) is 0 Å². The van der Waals surface area contributed by atoms with Crippen molar-refractivity contribution >= 4 is 53.4 Å². The summed E-state index contributed by atoms with van der Waals surface area (Å²) in [6, 6.07) is 37.1. The van der Waals surface area contributed by atoms with Crippen molar-refractivity contribution in [2.24, 2.45) is 0 Å². The number of aromatic nitrogens is 4. The molecule has 0 aliphatic heterocycles. The summed E-state index contributed by atoms with van der Waals surface area (Å²) in [5, 5.41) is 4.70. The molecule has 0 radical (unpaired) electrons. The van der Waals surface area contributed by atoms with E-state index in [2.05, 4.69) is 76.3 Å². The number of ether oxygens (including phenoxy) is 1. The molecule has 40 heavy (non-hydrogen) atoms. The molecule has 0 amide bonds. The van der Waals surface area contributed by atoms with Crippen LogP contribution in [0.15, 0.2) is 115 Å². The van der Waals surface area contributed by atoms with Gasteiger partial charge in [0.2, 0.25) is 5.88 Å². The Balaban J connectivity index is 1.22. The number of hydrogen-bond acceptors (Lipinski definition) is 5. The number of hydrogen-bond donors (Lipinski definition) is 0. The molecule has 0 atom stereocenters. The standard InChI is InChI=1S/C34H22N4OS/c1-21-15-17-26-25-9-6-10-27(33(25)40-34(26)36-21)28-11-7-14-32(37-28)39-22-16-18-24-23-8-2-3-12-29(23)38(30(24)20-22)31-13-4-5-19-35-31/h2-20H,1H3. The third kappa shape index (κ3) is 3.65. The van der Waals surface area contributed by atoms with Crippen LogP contribution in [-0.2, 0) is 0 Å². The molecule has 5 nitrogen and oxygen atoms in total. The summed E-state index contributed by atoms with van der Waals surface area (Å²) in [6.07, 6.45) is 1.82. The summed E-state index contributed by atoms with van der Waals surface area (Å²) in [5.41, 5.74) is 5.11. The van der Waals surface area contributed by atoms with Crippen molar-refractivity contribution in [3.8, 4) is 28.7 Å². The molecular formula is C34H22N4OS. The van der Waals surface area contributed by atoms with Crippen LogP contribution in [0.4, 0.5) is 0 Å². The summed E-state index contributed by atoms with van der Waals surface area (Å²) in [5.74, 6) is 2.13. The minimum Gasteiger partial charge on any atom is -0.439 e. The summed E-state index contributed by atoms with van der Waals surface area (Å²) < 4.78 is 9.73. The van der Waals surface area contributed by atoms with Gasteiger partial charge < -0.3 is 4.74 Å². The van der Waals surface area contributed by atoms with Crippen LogP contribution in [0.1, 0.15) is 5.69 Å². The Morgan fingerprint density at radius 1 is 0.675 bits per heavy atom. The quantitative estimate of drug-likeness (QED) is 0.226. The van der Waals surface area contributed by atoms with Gasteiger partial charge in [-0.3, -0.25) is 4.57 Å². The van der Waals surface area contributed by atoms with Gasteiger partial charge >= 0.3 is 0 Å². The van der Waals surface area contributed by atoms with Crippen molar-refractivity contribution in [1.82, 2.24) is 19.5 Å². The van der Waals surface area contributed by atoms with Crippen molar-refractivity contribution < 1.29 is 4.74 Å². The predicted molar refractivity (Wildman–Crippen MR) is 164 cm³/mol. The zero-order valence-electron chi connectivity index (χ0n) is 21.6. The molecule has 0 saturated heterocycles. The van der Waals surface area contributed by atoms with E-state index in [0.717, 1.165) is 49.8 Å². The molecule has 0 fully saturated rings. The van der Waals surface area contributed by atoms with Crippen LogP contribution in [0.25, 0.3) is 59.2 Å². The summed E-state index contributed by atoms with van der Waals surface area (Å²) in [6.45, 7) is 2.03. The number of thiophene rings is 1. The topological polar surface area (TPSA) is 52.8 Å². The van der Waals surface area contributed by atoms with E-state index in [4.69, 9.17) is 14.7 Å². The largest absolute Gasteiger partial charge is 0.439 e. The maximum atomic E-state index is 6.37. The van der Waals surface area contributed by atoms with Crippen molar-refractivity contribution in [2.45, 2.75) is 6.92 Å². The SMILES string of the molecule is Cc1ccc2c(n1)sc1c(-c3cccc(Oc4ccc5c6ccccc6n(-c6ccccn6)c5c4)n3)cccc12. The molecule has 3 aromatic carbocycles. The van der Waals surface area contributed by atoms with Crippen LogP contribution in [-0.4, -0.2) is 19.5 Å². The van der Waals surface area contributed by atoms with Crippen LogP contribution in [0.2, 0.25) is 0 Å². The number of nitrogens with zero attached hydrogens (tertiary/aromatic N) is 4. The van der Waals surface area contributed by atoms with Gasteiger partial charge in [-0.1, -0.05) is 48.5 Å². The number of para-hydroxylation sites is 1. The van der Waals surface area contributed by atoms with E-state index in [0.29, 0.717) is 5.88 Å². The highest BCUT2D eigenvalue weighted by atomic mass is 32.1. The normalized spacial score (nSPS) is 11.6. The minimum absolute atomic E-state index is 0.546. The maximum absolute atomic E-state index is 6.37. The summed E-state index contributed by atoms with van der Waals surface area (Å²) in [4.78, 5) is 15.4. The molecule has 190 valence electrons. The molecule has 0 saturated carbocycles. The zero-order valence-corrected chi connectivity index (χ0v) is 22.4. The Hall–Kier alpha value is -5.07. The van der Waals surface area contributed by atoms with E-state index in [9.17, 15) is 0 Å². The summed E-state index contributed by atoms with van der Waals surface area (Å²) >= 11 is 1.71. The van der Waals surface area contributed by atoms with Gasteiger partial charge in [-0.25, -0.2) is 15.0 Å². The number of fused-ring (bicyclic) bond motifs is 6. The van der Waals surface area contributed by atoms with Gasteiger partial charge in [0.25, 0.3) is 0 Å². The molecule has 5 heterocycles. The van der Waals surface area contributed by atoms with E-state index in [-0.39, 0.29) is 0 Å². The first-order chi connectivity index (χ1) is 19.7. The first-order valence-corrected chi connectivity index (χ1v) is 13.9. The average Bonchev–Trinajstić information content (AvgIpc) is 3.52. The molecule has 8 rings (SSSR count). The third-order valence-electron chi connectivity index (χ3n) is 7.25. The zero-order chi connectivity index (χ0) is 26.6. The first kappa shape index (κ1) is 22.9. The van der Waals surface area contributed by atoms with Gasteiger partial charge in [0.05, 0.1) is 16.7 Å². The number of aryl methyl sites for hydroxylation is 1. The third-order valence-corrected chi connectivity index (χ3v) is 8.40. The second-order valence-corrected chi connectivity index (χ2v) is 10.8. The Bertz CT molecular complexity index is 2220. The van der Waals surface area contributed by atoms with Gasteiger partial charge in [-0.15, -0.1) is 11.3 Å². The molecule has 8 aromatic rings. The van der Waals surface area contributed by atoms with E-state index in [1.807, 2.05) is 55.6 Å². The Morgan fingerprint density at radius 3 is 2.42 bits per heavy atom. The number of pyridine rings is 3. The number of rotatable bonds is 4. The van der Waals surface area contributed by atoms with Crippen molar-refractivity contribution in [2.75, 3.05) is 0 Å². The predicted octanol–water partition coefficient (Wildman–Crippen LogP) is 9.10. The highest BCUT2D eigenvalue weighted by molar-refractivity contribution is 7.26. The van der Waals surface area contributed by atoms with Gasteiger partial charge in [-0.2, -0.15) is 0 Å². The lowest BCUT2D eigenvalue weighted by atomic mass is 10.1. The molecular weight excluding hydrogens is 512 g/mol. The molecule has 5 aromatic heterocycles. The van der Waals surface area contributed by atoms with E-state index in [1.54, 1.807) is 11.3 Å². The van der Waals surface area contributed by atoms with Crippen molar-refractivity contribution in [3.05, 3.63) is 121 Å². The lowest BCUT2D eigenvalue weighted by molar-refractivity contribution is 0.464. The Kier molecular flexibility index (Phi) is 5.15. The second kappa shape index (κ2) is 9.00. The maximum Gasteiger partial charge on any atom is 0.219 e. The van der Waals surface area contributed by atoms with Crippen molar-refractivity contribution in [1.29, 1.82) is 0 Å². The average molecular weight is 535 g/mol. The van der Waals surface area contributed by atoms with Crippen LogP contribution >= 0.6 is 11.3 Å². The fraction of sp³-hybridized carbons (Fsp3) is 0.0294. The molecule has 0 aliphatic rings. The van der Waals surface area contributed by atoms with E-state index in [1.165, 1.54) is 20.9 Å². The minimum atomic E-state index is 0.546. The van der Waals surface area contributed by atoms with Gasteiger partial charge in [0, 0.05) is 55.8 Å². The fourth-order valence-corrected chi connectivity index (χ4v) is 6.70.